The number of carbonyl (C=O) groups is 2. The summed E-state index contributed by atoms with van der Waals surface area (Å²) in [4.78, 5) is 30.4. The van der Waals surface area contributed by atoms with Gasteiger partial charge in [0.2, 0.25) is 5.91 Å². The summed E-state index contributed by atoms with van der Waals surface area (Å²) in [5, 5.41) is 0. The van der Waals surface area contributed by atoms with E-state index >= 15 is 0 Å². The van der Waals surface area contributed by atoms with E-state index in [9.17, 15) is 9.59 Å². The first-order valence-corrected chi connectivity index (χ1v) is 8.45. The van der Waals surface area contributed by atoms with Crippen LogP contribution in [0.25, 0.3) is 0 Å². The highest BCUT2D eigenvalue weighted by Crippen LogP contribution is 2.22. The zero-order valence-corrected chi connectivity index (χ0v) is 14.8. The number of nitrogens with zero attached hydrogens (tertiary/aromatic N) is 3. The fraction of sp³-hybridized carbons (Fsp3) is 0.556. The van der Waals surface area contributed by atoms with Gasteiger partial charge >= 0.3 is 6.09 Å². The van der Waals surface area contributed by atoms with Gasteiger partial charge in [-0.2, -0.15) is 0 Å². The number of ether oxygens (including phenoxy) is 1. The predicted molar refractivity (Wildman–Crippen MR) is 92.7 cm³/mol. The molecule has 1 saturated heterocycles. The zero-order valence-electron chi connectivity index (χ0n) is 14.8. The molecule has 6 nitrogen and oxygen atoms in total. The van der Waals surface area contributed by atoms with Crippen LogP contribution in [0.1, 0.15) is 24.9 Å². The van der Waals surface area contributed by atoms with E-state index in [0.29, 0.717) is 26.2 Å². The molecule has 0 bridgehead atoms. The van der Waals surface area contributed by atoms with Crippen molar-refractivity contribution in [1.82, 2.24) is 14.7 Å². The molecular weight excluding hydrogens is 306 g/mol. The monoisotopic (exact) mass is 333 g/mol. The van der Waals surface area contributed by atoms with E-state index in [2.05, 4.69) is 4.90 Å². The minimum atomic E-state index is -0.324. The maximum Gasteiger partial charge on any atom is 0.409 e. The van der Waals surface area contributed by atoms with Crippen LogP contribution in [0.5, 0.6) is 0 Å². The topological polar surface area (TPSA) is 53.1 Å². The highest BCUT2D eigenvalue weighted by Gasteiger charge is 2.30. The molecule has 1 aliphatic rings. The van der Waals surface area contributed by atoms with Crippen LogP contribution in [-0.2, 0) is 9.53 Å². The molecule has 1 aromatic rings. The van der Waals surface area contributed by atoms with Gasteiger partial charge in [0, 0.05) is 26.2 Å². The maximum atomic E-state index is 13.1. The Hall–Kier alpha value is -2.08. The van der Waals surface area contributed by atoms with Crippen molar-refractivity contribution in [3.8, 4) is 0 Å². The molecule has 1 fully saturated rings. The normalized spacial score (nSPS) is 16.7. The van der Waals surface area contributed by atoms with Crippen molar-refractivity contribution >= 4 is 12.0 Å². The summed E-state index contributed by atoms with van der Waals surface area (Å²) >= 11 is 0. The third-order valence-corrected chi connectivity index (χ3v) is 4.53. The minimum absolute atomic E-state index is 0.0947. The van der Waals surface area contributed by atoms with E-state index in [0.717, 1.165) is 18.5 Å². The molecule has 0 saturated carbocycles. The lowest BCUT2D eigenvalue weighted by molar-refractivity contribution is -0.136. The highest BCUT2D eigenvalue weighted by atomic mass is 16.5. The number of hydrogen-bond donors (Lipinski definition) is 0. The van der Waals surface area contributed by atoms with E-state index in [1.165, 1.54) is 7.11 Å². The summed E-state index contributed by atoms with van der Waals surface area (Å²) < 4.78 is 4.79. The fourth-order valence-electron chi connectivity index (χ4n) is 3.03. The molecule has 132 valence electrons. The van der Waals surface area contributed by atoms with Crippen molar-refractivity contribution in [1.29, 1.82) is 0 Å². The summed E-state index contributed by atoms with van der Waals surface area (Å²) in [6.45, 7) is 5.16. The fourth-order valence-corrected chi connectivity index (χ4v) is 3.03. The van der Waals surface area contributed by atoms with Crippen LogP contribution in [0.4, 0.5) is 4.79 Å². The smallest absolute Gasteiger partial charge is 0.409 e. The lowest BCUT2D eigenvalue weighted by Gasteiger charge is -2.31. The third kappa shape index (κ3) is 4.26. The largest absolute Gasteiger partial charge is 0.453 e. The molecular formula is C18H27N3O3. The average Bonchev–Trinajstić information content (AvgIpc) is 2.88. The van der Waals surface area contributed by atoms with Crippen LogP contribution in [-0.4, -0.2) is 73.6 Å². The Bertz CT molecular complexity index is 550. The number of methoxy groups -OCH3 is 1. The summed E-state index contributed by atoms with van der Waals surface area (Å²) in [6, 6.07) is 9.57. The minimum Gasteiger partial charge on any atom is -0.453 e. The standard InChI is InChI=1S/C18H27N3O3/c1-4-19(2)16(15-9-6-5-7-10-15)17(22)20-11-8-12-21(14-13-20)18(23)24-3/h5-7,9-10,16H,4,8,11-14H2,1-3H3/t16-/m0/s1. The van der Waals surface area contributed by atoms with Gasteiger partial charge in [-0.1, -0.05) is 37.3 Å². The number of likely N-dealkylation sites (N-methyl/N-ethyl adjacent to an activating group) is 1. The molecule has 24 heavy (non-hydrogen) atoms. The molecule has 0 N–H and O–H groups in total. The lowest BCUT2D eigenvalue weighted by atomic mass is 10.0. The van der Waals surface area contributed by atoms with E-state index in [-0.39, 0.29) is 18.0 Å². The van der Waals surface area contributed by atoms with Gasteiger partial charge in [-0.25, -0.2) is 4.79 Å². The van der Waals surface area contributed by atoms with Crippen molar-refractivity contribution in [2.45, 2.75) is 19.4 Å². The quantitative estimate of drug-likeness (QED) is 0.845. The molecule has 1 aliphatic heterocycles. The predicted octanol–water partition coefficient (Wildman–Crippen LogP) is 1.98. The number of hydrogen-bond acceptors (Lipinski definition) is 4. The molecule has 1 heterocycles. The first-order valence-electron chi connectivity index (χ1n) is 8.45. The number of amides is 2. The van der Waals surface area contributed by atoms with Crippen LogP contribution >= 0.6 is 0 Å². The third-order valence-electron chi connectivity index (χ3n) is 4.53. The average molecular weight is 333 g/mol. The summed E-state index contributed by atoms with van der Waals surface area (Å²) in [7, 11) is 3.35. The van der Waals surface area contributed by atoms with Gasteiger partial charge < -0.3 is 14.5 Å². The van der Waals surface area contributed by atoms with E-state index in [4.69, 9.17) is 4.74 Å². The highest BCUT2D eigenvalue weighted by molar-refractivity contribution is 5.83. The maximum absolute atomic E-state index is 13.1. The molecule has 6 heteroatoms. The van der Waals surface area contributed by atoms with E-state index < -0.39 is 0 Å². The molecule has 0 aliphatic carbocycles. The van der Waals surface area contributed by atoms with Crippen LogP contribution in [0.3, 0.4) is 0 Å². The Morgan fingerprint density at radius 1 is 1.12 bits per heavy atom. The van der Waals surface area contributed by atoms with Gasteiger partial charge in [-0.15, -0.1) is 0 Å². The Morgan fingerprint density at radius 2 is 1.75 bits per heavy atom. The van der Waals surface area contributed by atoms with Gasteiger partial charge in [0.25, 0.3) is 0 Å². The van der Waals surface area contributed by atoms with Crippen molar-refractivity contribution in [2.75, 3.05) is 46.9 Å². The zero-order chi connectivity index (χ0) is 17.5. The van der Waals surface area contributed by atoms with Crippen LogP contribution in [0.15, 0.2) is 30.3 Å². The lowest BCUT2D eigenvalue weighted by Crippen LogP contribution is -2.43. The molecule has 1 atom stereocenters. The van der Waals surface area contributed by atoms with Crippen molar-refractivity contribution in [3.63, 3.8) is 0 Å². The molecule has 0 aromatic heterocycles. The first-order chi connectivity index (χ1) is 11.6. The summed E-state index contributed by atoms with van der Waals surface area (Å²) in [5.74, 6) is 0.0947. The van der Waals surface area contributed by atoms with Gasteiger partial charge in [0.05, 0.1) is 7.11 Å². The van der Waals surface area contributed by atoms with Crippen molar-refractivity contribution in [3.05, 3.63) is 35.9 Å². The van der Waals surface area contributed by atoms with Gasteiger partial charge in [-0.05, 0) is 25.6 Å². The number of benzene rings is 1. The summed E-state index contributed by atoms with van der Waals surface area (Å²) in [6.07, 6.45) is 0.438. The second kappa shape index (κ2) is 8.68. The number of rotatable bonds is 4. The SMILES string of the molecule is CCN(C)[C@H](C(=O)N1CCCN(C(=O)OC)CC1)c1ccccc1. The molecule has 0 spiro atoms. The number of carbonyl (C=O) groups excluding carboxylic acids is 2. The molecule has 0 unspecified atom stereocenters. The Labute approximate surface area is 144 Å². The van der Waals surface area contributed by atoms with Crippen LogP contribution < -0.4 is 0 Å². The van der Waals surface area contributed by atoms with Crippen molar-refractivity contribution in [2.24, 2.45) is 0 Å². The first kappa shape index (κ1) is 18.3. The van der Waals surface area contributed by atoms with Gasteiger partial charge in [0.1, 0.15) is 6.04 Å². The molecule has 0 radical (unpaired) electrons. The Morgan fingerprint density at radius 3 is 2.38 bits per heavy atom. The van der Waals surface area contributed by atoms with Crippen LogP contribution in [0, 0.1) is 0 Å². The molecule has 2 rings (SSSR count). The second-order valence-electron chi connectivity index (χ2n) is 6.02. The van der Waals surface area contributed by atoms with Crippen molar-refractivity contribution < 1.29 is 14.3 Å². The Balaban J connectivity index is 2.13. The Kier molecular flexibility index (Phi) is 6.61. The summed E-state index contributed by atoms with van der Waals surface area (Å²) in [5.41, 5.74) is 1.00. The van der Waals surface area contributed by atoms with Crippen LogP contribution in [0.2, 0.25) is 0 Å². The molecule has 2 amide bonds. The van der Waals surface area contributed by atoms with Gasteiger partial charge in [-0.3, -0.25) is 9.69 Å². The second-order valence-corrected chi connectivity index (χ2v) is 6.02. The van der Waals surface area contributed by atoms with E-state index in [1.54, 1.807) is 4.90 Å². The van der Waals surface area contributed by atoms with Gasteiger partial charge in [0.15, 0.2) is 0 Å². The molecule has 1 aromatic carbocycles. The van der Waals surface area contributed by atoms with E-state index in [1.807, 2.05) is 49.2 Å².